The quantitative estimate of drug-likeness (QED) is 0.676. The highest BCUT2D eigenvalue weighted by Crippen LogP contribution is 2.18. The number of hydrogen-bond acceptors (Lipinski definition) is 5. The van der Waals surface area contributed by atoms with Crippen LogP contribution in [-0.2, 0) is 4.79 Å². The summed E-state index contributed by atoms with van der Waals surface area (Å²) < 4.78 is 0. The third kappa shape index (κ3) is 3.16. The van der Waals surface area contributed by atoms with Crippen LogP contribution in [0.1, 0.15) is 13.8 Å². The smallest absolute Gasteiger partial charge is 0.260 e. The van der Waals surface area contributed by atoms with E-state index in [1.165, 1.54) is 23.1 Å². The molecule has 5 nitrogen and oxygen atoms in total. The second kappa shape index (κ2) is 6.21. The van der Waals surface area contributed by atoms with Crippen LogP contribution >= 0.6 is 23.1 Å². The molecular formula is C12H15N3O2S2. The van der Waals surface area contributed by atoms with Crippen LogP contribution < -0.4 is 5.56 Å². The van der Waals surface area contributed by atoms with Gasteiger partial charge in [0.2, 0.25) is 5.91 Å². The SMILES string of the molecule is CCN(CC)C(=O)CSc1nc2sccc2c(=O)[nH]1. The minimum atomic E-state index is -0.149. The van der Waals surface area contributed by atoms with Gasteiger partial charge in [-0.2, -0.15) is 0 Å². The summed E-state index contributed by atoms with van der Waals surface area (Å²) in [6, 6.07) is 1.75. The largest absolute Gasteiger partial charge is 0.343 e. The summed E-state index contributed by atoms with van der Waals surface area (Å²) in [7, 11) is 0. The first-order valence-electron chi connectivity index (χ1n) is 6.03. The molecule has 19 heavy (non-hydrogen) atoms. The third-order valence-corrected chi connectivity index (χ3v) is 4.43. The number of nitrogens with one attached hydrogen (secondary N) is 1. The van der Waals surface area contributed by atoms with Gasteiger partial charge in [-0.1, -0.05) is 11.8 Å². The molecule has 0 bridgehead atoms. The number of carbonyl (C=O) groups excluding carboxylic acids is 1. The number of amides is 1. The van der Waals surface area contributed by atoms with Crippen molar-refractivity contribution in [3.05, 3.63) is 21.8 Å². The lowest BCUT2D eigenvalue weighted by Gasteiger charge is -2.17. The number of carbonyl (C=O) groups is 1. The Bertz CT molecular complexity index is 631. The second-order valence-electron chi connectivity index (χ2n) is 3.87. The predicted molar refractivity (Wildman–Crippen MR) is 78.9 cm³/mol. The van der Waals surface area contributed by atoms with Crippen LogP contribution in [0.4, 0.5) is 0 Å². The van der Waals surface area contributed by atoms with Crippen molar-refractivity contribution in [2.24, 2.45) is 0 Å². The zero-order valence-corrected chi connectivity index (χ0v) is 12.4. The number of fused-ring (bicyclic) bond motifs is 1. The Balaban J connectivity index is 2.09. The molecule has 0 saturated carbocycles. The average molecular weight is 297 g/mol. The van der Waals surface area contributed by atoms with E-state index in [4.69, 9.17) is 0 Å². The number of H-pyrrole nitrogens is 1. The minimum Gasteiger partial charge on any atom is -0.343 e. The average Bonchev–Trinajstić information content (AvgIpc) is 2.86. The van der Waals surface area contributed by atoms with Crippen LogP contribution in [0.2, 0.25) is 0 Å². The second-order valence-corrected chi connectivity index (χ2v) is 5.72. The molecule has 2 heterocycles. The zero-order valence-electron chi connectivity index (χ0n) is 10.8. The lowest BCUT2D eigenvalue weighted by Crippen LogP contribution is -2.32. The van der Waals surface area contributed by atoms with Crippen molar-refractivity contribution in [3.63, 3.8) is 0 Å². The topological polar surface area (TPSA) is 66.1 Å². The molecule has 1 N–H and O–H groups in total. The van der Waals surface area contributed by atoms with Gasteiger partial charge in [0.25, 0.3) is 5.56 Å². The summed E-state index contributed by atoms with van der Waals surface area (Å²) in [6.07, 6.45) is 0. The van der Waals surface area contributed by atoms with Crippen molar-refractivity contribution in [2.75, 3.05) is 18.8 Å². The van der Waals surface area contributed by atoms with E-state index in [1.807, 2.05) is 19.2 Å². The molecule has 0 aliphatic rings. The van der Waals surface area contributed by atoms with Crippen LogP contribution in [-0.4, -0.2) is 39.6 Å². The molecule has 0 radical (unpaired) electrons. The van der Waals surface area contributed by atoms with Gasteiger partial charge in [0, 0.05) is 13.1 Å². The molecule has 1 amide bonds. The van der Waals surface area contributed by atoms with Crippen molar-refractivity contribution in [3.8, 4) is 0 Å². The normalized spacial score (nSPS) is 10.8. The van der Waals surface area contributed by atoms with Gasteiger partial charge in [0.05, 0.1) is 11.1 Å². The van der Waals surface area contributed by atoms with Crippen LogP contribution in [0.3, 0.4) is 0 Å². The van der Waals surface area contributed by atoms with Crippen LogP contribution in [0, 0.1) is 0 Å². The van der Waals surface area contributed by atoms with E-state index in [9.17, 15) is 9.59 Å². The van der Waals surface area contributed by atoms with Gasteiger partial charge in [-0.15, -0.1) is 11.3 Å². The Morgan fingerprint density at radius 3 is 2.89 bits per heavy atom. The highest BCUT2D eigenvalue weighted by atomic mass is 32.2. The zero-order chi connectivity index (χ0) is 13.8. The third-order valence-electron chi connectivity index (χ3n) is 2.76. The molecule has 0 aliphatic heterocycles. The van der Waals surface area contributed by atoms with E-state index in [0.717, 1.165) is 0 Å². The maximum absolute atomic E-state index is 11.9. The maximum atomic E-state index is 11.9. The van der Waals surface area contributed by atoms with Crippen LogP contribution in [0.25, 0.3) is 10.2 Å². The van der Waals surface area contributed by atoms with Crippen molar-refractivity contribution < 1.29 is 4.79 Å². The van der Waals surface area contributed by atoms with E-state index in [-0.39, 0.29) is 11.5 Å². The summed E-state index contributed by atoms with van der Waals surface area (Å²) in [5.41, 5.74) is -0.149. The van der Waals surface area contributed by atoms with Gasteiger partial charge in [-0.3, -0.25) is 9.59 Å². The fourth-order valence-corrected chi connectivity index (χ4v) is 3.30. The number of aromatic nitrogens is 2. The molecule has 0 fully saturated rings. The highest BCUT2D eigenvalue weighted by molar-refractivity contribution is 7.99. The van der Waals surface area contributed by atoms with Gasteiger partial charge < -0.3 is 9.88 Å². The van der Waals surface area contributed by atoms with Gasteiger partial charge in [0.15, 0.2) is 5.16 Å². The number of nitrogens with zero attached hydrogens (tertiary/aromatic N) is 2. The molecule has 2 aromatic rings. The number of thiophene rings is 1. The van der Waals surface area contributed by atoms with Crippen molar-refractivity contribution in [2.45, 2.75) is 19.0 Å². The molecule has 0 aliphatic carbocycles. The Morgan fingerprint density at radius 1 is 1.47 bits per heavy atom. The maximum Gasteiger partial charge on any atom is 0.260 e. The standard InChI is InChI=1S/C12H15N3O2S2/c1-3-15(4-2)9(16)7-19-12-13-10(17)8-5-6-18-11(8)14-12/h5-6H,3-4,7H2,1-2H3,(H,13,14,17). The number of hydrogen-bond donors (Lipinski definition) is 1. The van der Waals surface area contributed by atoms with Gasteiger partial charge in [-0.25, -0.2) is 4.98 Å². The fraction of sp³-hybridized carbons (Fsp3) is 0.417. The summed E-state index contributed by atoms with van der Waals surface area (Å²) in [5.74, 6) is 0.352. The number of thioether (sulfide) groups is 1. The van der Waals surface area contributed by atoms with Crippen LogP contribution in [0.5, 0.6) is 0 Å². The Kier molecular flexibility index (Phi) is 4.60. The summed E-state index contributed by atoms with van der Waals surface area (Å²) in [6.45, 7) is 5.29. The van der Waals surface area contributed by atoms with Crippen molar-refractivity contribution >= 4 is 39.2 Å². The van der Waals surface area contributed by atoms with E-state index in [2.05, 4.69) is 9.97 Å². The van der Waals surface area contributed by atoms with Crippen LogP contribution in [0.15, 0.2) is 21.4 Å². The monoisotopic (exact) mass is 297 g/mol. The molecule has 7 heteroatoms. The van der Waals surface area contributed by atoms with E-state index in [0.29, 0.717) is 34.2 Å². The Hall–Kier alpha value is -1.34. The van der Waals surface area contributed by atoms with Crippen molar-refractivity contribution in [1.29, 1.82) is 0 Å². The summed E-state index contributed by atoms with van der Waals surface area (Å²) in [4.78, 5) is 33.1. The first-order valence-corrected chi connectivity index (χ1v) is 7.90. The van der Waals surface area contributed by atoms with E-state index in [1.54, 1.807) is 11.0 Å². The van der Waals surface area contributed by atoms with Gasteiger partial charge in [-0.05, 0) is 25.3 Å². The highest BCUT2D eigenvalue weighted by Gasteiger charge is 2.12. The number of rotatable bonds is 5. The van der Waals surface area contributed by atoms with E-state index < -0.39 is 0 Å². The lowest BCUT2D eigenvalue weighted by molar-refractivity contribution is -0.127. The first kappa shape index (κ1) is 14.1. The molecule has 102 valence electrons. The molecule has 0 saturated heterocycles. The predicted octanol–water partition coefficient (Wildman–Crippen LogP) is 1.95. The lowest BCUT2D eigenvalue weighted by atomic mass is 10.4. The Labute approximate surface area is 119 Å². The Morgan fingerprint density at radius 2 is 2.21 bits per heavy atom. The van der Waals surface area contributed by atoms with E-state index >= 15 is 0 Å². The molecular weight excluding hydrogens is 282 g/mol. The molecule has 0 aromatic carbocycles. The molecule has 2 aromatic heterocycles. The molecule has 0 spiro atoms. The van der Waals surface area contributed by atoms with Crippen molar-refractivity contribution in [1.82, 2.24) is 14.9 Å². The number of aromatic amines is 1. The molecule has 2 rings (SSSR count). The first-order chi connectivity index (χ1) is 9.15. The summed E-state index contributed by atoms with van der Waals surface area (Å²) >= 11 is 2.69. The molecule has 0 unspecified atom stereocenters. The van der Waals surface area contributed by atoms with Gasteiger partial charge in [0.1, 0.15) is 4.83 Å². The van der Waals surface area contributed by atoms with Gasteiger partial charge >= 0.3 is 0 Å². The summed E-state index contributed by atoms with van der Waals surface area (Å²) in [5, 5.41) is 2.94. The molecule has 0 atom stereocenters. The minimum absolute atomic E-state index is 0.0592. The fourth-order valence-electron chi connectivity index (χ4n) is 1.71.